The van der Waals surface area contributed by atoms with Crippen LogP contribution in [0.1, 0.15) is 54.5 Å². The highest BCUT2D eigenvalue weighted by Crippen LogP contribution is 2.28. The normalized spacial score (nSPS) is 12.7. The second kappa shape index (κ2) is 11.6. The lowest BCUT2D eigenvalue weighted by molar-refractivity contribution is -0.138. The van der Waals surface area contributed by atoms with Crippen molar-refractivity contribution in [1.29, 1.82) is 0 Å². The second-order valence-corrected chi connectivity index (χ2v) is 8.98. The number of rotatable bonds is 11. The van der Waals surface area contributed by atoms with Crippen molar-refractivity contribution in [3.63, 3.8) is 0 Å². The van der Waals surface area contributed by atoms with E-state index in [1.54, 1.807) is 24.3 Å². The summed E-state index contributed by atoms with van der Waals surface area (Å²) in [5.41, 5.74) is 11.2. The molecule has 35 heavy (non-hydrogen) atoms. The molecular formula is C25H24ClFN4O4. The van der Waals surface area contributed by atoms with Crippen LogP contribution in [-0.2, 0) is 11.2 Å². The summed E-state index contributed by atoms with van der Waals surface area (Å²) in [6, 6.07) is 9.98. The van der Waals surface area contributed by atoms with Crippen LogP contribution in [0.25, 0.3) is 21.6 Å². The van der Waals surface area contributed by atoms with Crippen LogP contribution in [0.5, 0.6) is 0 Å². The molecule has 2 atom stereocenters. The number of carboxylic acid groups (broad SMARTS) is 1. The van der Waals surface area contributed by atoms with Crippen LogP contribution in [0.2, 0.25) is 5.02 Å². The van der Waals surface area contributed by atoms with Gasteiger partial charge in [-0.15, -0.1) is 0 Å². The van der Waals surface area contributed by atoms with Crippen LogP contribution in [-0.4, -0.2) is 27.9 Å². The molecule has 0 spiro atoms. The smallest absolute Gasteiger partial charge is 0.312 e. The minimum atomic E-state index is -1.33. The summed E-state index contributed by atoms with van der Waals surface area (Å²) >= 11 is 5.99. The molecular weight excluding hydrogens is 475 g/mol. The van der Waals surface area contributed by atoms with Gasteiger partial charge in [0.1, 0.15) is 18.1 Å². The quantitative estimate of drug-likeness (QED) is 0.134. The molecule has 0 unspecified atom stereocenters. The van der Waals surface area contributed by atoms with Crippen molar-refractivity contribution in [3.05, 3.63) is 87.2 Å². The van der Waals surface area contributed by atoms with Crippen molar-refractivity contribution in [3.8, 4) is 11.1 Å². The second-order valence-electron chi connectivity index (χ2n) is 8.55. The van der Waals surface area contributed by atoms with Crippen molar-refractivity contribution >= 4 is 23.4 Å². The van der Waals surface area contributed by atoms with Gasteiger partial charge >= 0.3 is 5.97 Å². The number of aliphatic carboxylic acids is 1. The van der Waals surface area contributed by atoms with Gasteiger partial charge in [0.2, 0.25) is 5.78 Å². The molecule has 1 heterocycles. The molecule has 1 N–H and O–H groups in total. The molecule has 0 bridgehead atoms. The molecule has 0 fully saturated rings. The third-order valence-corrected chi connectivity index (χ3v) is 5.81. The van der Waals surface area contributed by atoms with Gasteiger partial charge in [-0.25, -0.2) is 9.37 Å². The number of carbonyl (C=O) groups excluding carboxylic acids is 1. The van der Waals surface area contributed by atoms with E-state index in [-0.39, 0.29) is 30.4 Å². The third kappa shape index (κ3) is 6.91. The Kier molecular flexibility index (Phi) is 8.63. The highest BCUT2D eigenvalue weighted by molar-refractivity contribution is 6.30. The summed E-state index contributed by atoms with van der Waals surface area (Å²) in [5, 5.41) is 13.2. The Morgan fingerprint density at radius 1 is 1.23 bits per heavy atom. The number of nitrogens with zero attached hydrogens (tertiary/aromatic N) is 4. The first-order valence-corrected chi connectivity index (χ1v) is 11.4. The van der Waals surface area contributed by atoms with Crippen molar-refractivity contribution in [2.75, 3.05) is 0 Å². The van der Waals surface area contributed by atoms with Crippen LogP contribution in [0.4, 0.5) is 4.39 Å². The van der Waals surface area contributed by atoms with Gasteiger partial charge in [0.15, 0.2) is 0 Å². The first-order valence-electron chi connectivity index (χ1n) is 11.0. The summed E-state index contributed by atoms with van der Waals surface area (Å²) in [7, 11) is 0. The highest BCUT2D eigenvalue weighted by Gasteiger charge is 2.26. The molecule has 0 saturated carbocycles. The Balaban J connectivity index is 1.82. The number of oxazole rings is 1. The van der Waals surface area contributed by atoms with Crippen molar-refractivity contribution in [2.24, 2.45) is 11.0 Å². The first-order chi connectivity index (χ1) is 16.7. The van der Waals surface area contributed by atoms with Gasteiger partial charge in [0.05, 0.1) is 5.69 Å². The van der Waals surface area contributed by atoms with E-state index in [1.165, 1.54) is 24.5 Å². The SMILES string of the molecule is CC(C)c1coc(C(=O)C[C@H](Cc2ccc(-c3cc(Cl)ccc3F)cc2)C[C@@H](N=[N+]=[N-])C(=O)O)n1. The Labute approximate surface area is 206 Å². The zero-order valence-corrected chi connectivity index (χ0v) is 19.9. The van der Waals surface area contributed by atoms with Crippen molar-refractivity contribution in [1.82, 2.24) is 4.98 Å². The summed E-state index contributed by atoms with van der Waals surface area (Å²) in [6.07, 6.45) is 1.66. The van der Waals surface area contributed by atoms with Gasteiger partial charge in [-0.05, 0) is 59.5 Å². The lowest BCUT2D eigenvalue weighted by Gasteiger charge is -2.18. The predicted molar refractivity (Wildman–Crippen MR) is 129 cm³/mol. The molecule has 0 radical (unpaired) electrons. The molecule has 1 aromatic heterocycles. The molecule has 3 rings (SSSR count). The third-order valence-electron chi connectivity index (χ3n) is 5.58. The zero-order valence-electron chi connectivity index (χ0n) is 19.2. The molecule has 10 heteroatoms. The van der Waals surface area contributed by atoms with Crippen LogP contribution in [0, 0.1) is 11.7 Å². The monoisotopic (exact) mass is 498 g/mol. The van der Waals surface area contributed by atoms with Crippen LogP contribution < -0.4 is 0 Å². The van der Waals surface area contributed by atoms with Crippen LogP contribution >= 0.6 is 11.6 Å². The number of carboxylic acids is 1. The Bertz CT molecular complexity index is 1250. The lowest BCUT2D eigenvalue weighted by atomic mass is 9.88. The van der Waals surface area contributed by atoms with Gasteiger partial charge in [-0.2, -0.15) is 0 Å². The van der Waals surface area contributed by atoms with E-state index in [0.29, 0.717) is 28.3 Å². The number of hydrogen-bond acceptors (Lipinski definition) is 5. The van der Waals surface area contributed by atoms with Gasteiger partial charge in [-0.3, -0.25) is 9.59 Å². The predicted octanol–water partition coefficient (Wildman–Crippen LogP) is 6.84. The van der Waals surface area contributed by atoms with E-state index in [1.807, 2.05) is 13.8 Å². The molecule has 0 aliphatic heterocycles. The van der Waals surface area contributed by atoms with Crippen LogP contribution in [0.15, 0.2) is 58.3 Å². The Hall–Kier alpha value is -3.68. The maximum absolute atomic E-state index is 14.2. The minimum Gasteiger partial charge on any atom is -0.481 e. The van der Waals surface area contributed by atoms with Gasteiger partial charge < -0.3 is 9.52 Å². The van der Waals surface area contributed by atoms with E-state index in [0.717, 1.165) is 5.56 Å². The fourth-order valence-corrected chi connectivity index (χ4v) is 3.89. The standard InChI is InChI=1S/C25H24ClFN4O4/c1-14(2)22-13-35-24(29-22)23(32)11-16(10-21(25(33)34)30-31-28)9-15-3-5-17(6-4-15)19-12-18(26)7-8-20(19)27/h3-8,12-14,16,21H,9-11H2,1-2H3,(H,33,34)/t16-,21-/m1/s1. The van der Waals surface area contributed by atoms with Crippen LogP contribution in [0.3, 0.4) is 0 Å². The summed E-state index contributed by atoms with van der Waals surface area (Å²) in [4.78, 5) is 31.2. The lowest BCUT2D eigenvalue weighted by Crippen LogP contribution is -2.24. The van der Waals surface area contributed by atoms with Gasteiger partial charge in [0, 0.05) is 21.9 Å². The average molecular weight is 499 g/mol. The summed E-state index contributed by atoms with van der Waals surface area (Å²) in [5.74, 6) is -2.48. The molecule has 8 nitrogen and oxygen atoms in total. The van der Waals surface area contributed by atoms with E-state index < -0.39 is 23.7 Å². The summed E-state index contributed by atoms with van der Waals surface area (Å²) in [6.45, 7) is 3.84. The minimum absolute atomic E-state index is 0.0406. The van der Waals surface area contributed by atoms with Crippen molar-refractivity contribution < 1.29 is 23.5 Å². The van der Waals surface area contributed by atoms with E-state index in [9.17, 15) is 19.1 Å². The molecule has 0 amide bonds. The molecule has 2 aromatic carbocycles. The molecule has 3 aromatic rings. The topological polar surface area (TPSA) is 129 Å². The van der Waals surface area contributed by atoms with E-state index in [2.05, 4.69) is 15.0 Å². The number of ketones is 1. The molecule has 0 aliphatic rings. The number of benzene rings is 2. The molecule has 0 saturated heterocycles. The van der Waals surface area contributed by atoms with Gasteiger partial charge in [0.25, 0.3) is 5.89 Å². The number of Topliss-reactive ketones (excluding diaryl/α,β-unsaturated/α-hetero) is 1. The Morgan fingerprint density at radius 3 is 2.54 bits per heavy atom. The van der Waals surface area contributed by atoms with Crippen molar-refractivity contribution in [2.45, 2.75) is 45.1 Å². The maximum atomic E-state index is 14.2. The molecule has 182 valence electrons. The number of aromatic nitrogens is 1. The number of halogens is 2. The van der Waals surface area contributed by atoms with Gasteiger partial charge in [-0.1, -0.05) is 54.8 Å². The zero-order chi connectivity index (χ0) is 25.5. The fourth-order valence-electron chi connectivity index (χ4n) is 3.72. The first kappa shape index (κ1) is 25.9. The van der Waals surface area contributed by atoms with E-state index >= 15 is 0 Å². The van der Waals surface area contributed by atoms with E-state index in [4.69, 9.17) is 21.5 Å². The largest absolute Gasteiger partial charge is 0.481 e. The molecule has 0 aliphatic carbocycles. The number of azide groups is 1. The Morgan fingerprint density at radius 2 is 1.94 bits per heavy atom. The highest BCUT2D eigenvalue weighted by atomic mass is 35.5. The summed E-state index contributed by atoms with van der Waals surface area (Å²) < 4.78 is 19.5. The fraction of sp³-hybridized carbons (Fsp3) is 0.320. The maximum Gasteiger partial charge on any atom is 0.312 e. The number of carbonyl (C=O) groups is 2. The number of hydrogen-bond donors (Lipinski definition) is 1. The average Bonchev–Trinajstić information content (AvgIpc) is 3.32.